The molecule has 1 fully saturated rings. The number of aliphatic carboxylic acids is 1. The summed E-state index contributed by atoms with van der Waals surface area (Å²) in [4.78, 5) is 37.9. The van der Waals surface area contributed by atoms with Crippen molar-refractivity contribution in [1.82, 2.24) is 4.90 Å². The number of likely N-dealkylation sites (tertiary alicyclic amines) is 1. The molecule has 0 aromatic heterocycles. The van der Waals surface area contributed by atoms with Crippen LogP contribution in [0.25, 0.3) is 5.76 Å². The van der Waals surface area contributed by atoms with Crippen LogP contribution in [0.3, 0.4) is 0 Å². The highest BCUT2D eigenvalue weighted by molar-refractivity contribution is 6.46. The number of carbonyl (C=O) groups excluding carboxylic acids is 2. The first-order valence-corrected chi connectivity index (χ1v) is 10.1. The highest BCUT2D eigenvalue weighted by atomic mass is 16.5. The third-order valence-electron chi connectivity index (χ3n) is 5.31. The van der Waals surface area contributed by atoms with Gasteiger partial charge >= 0.3 is 5.97 Å². The number of hydrogen-bond donors (Lipinski definition) is 2. The molecule has 3 rings (SSSR count). The minimum absolute atomic E-state index is 0.0481. The van der Waals surface area contributed by atoms with Crippen molar-refractivity contribution >= 4 is 23.4 Å². The lowest BCUT2D eigenvalue weighted by Gasteiger charge is -2.25. The normalized spacial score (nSPS) is 17.7. The summed E-state index contributed by atoms with van der Waals surface area (Å²) in [5.74, 6) is -1.84. The second kappa shape index (κ2) is 9.93. The SMILES string of the molecule is COc1ccc([C@@H]2/C(=C(\O)c3ccccc3)C(=O)C(=O)N2CCCCCC(=O)O)cc1. The Hall–Kier alpha value is -3.61. The van der Waals surface area contributed by atoms with Crippen LogP contribution < -0.4 is 4.74 Å². The number of ketones is 1. The summed E-state index contributed by atoms with van der Waals surface area (Å²) in [6, 6.07) is 14.9. The molecule has 1 aliphatic rings. The van der Waals surface area contributed by atoms with Gasteiger partial charge in [0.25, 0.3) is 11.7 Å². The van der Waals surface area contributed by atoms with Gasteiger partial charge in [-0.3, -0.25) is 14.4 Å². The van der Waals surface area contributed by atoms with E-state index >= 15 is 0 Å². The van der Waals surface area contributed by atoms with Crippen LogP contribution in [-0.4, -0.2) is 46.4 Å². The zero-order chi connectivity index (χ0) is 22.4. The molecule has 0 unspecified atom stereocenters. The molecule has 1 amide bonds. The molecular weight excluding hydrogens is 398 g/mol. The van der Waals surface area contributed by atoms with Crippen molar-refractivity contribution in [3.8, 4) is 5.75 Å². The number of methoxy groups -OCH3 is 1. The maximum absolute atomic E-state index is 12.9. The number of carboxylic acids is 1. The van der Waals surface area contributed by atoms with Crippen molar-refractivity contribution in [2.45, 2.75) is 31.7 Å². The highest BCUT2D eigenvalue weighted by Crippen LogP contribution is 2.39. The van der Waals surface area contributed by atoms with E-state index in [4.69, 9.17) is 9.84 Å². The molecule has 162 valence electrons. The van der Waals surface area contributed by atoms with E-state index in [1.165, 1.54) is 4.90 Å². The molecule has 0 saturated carbocycles. The molecule has 31 heavy (non-hydrogen) atoms. The summed E-state index contributed by atoms with van der Waals surface area (Å²) >= 11 is 0. The predicted octanol–water partition coefficient (Wildman–Crippen LogP) is 3.76. The number of aliphatic hydroxyl groups excluding tert-OH is 1. The molecule has 2 aromatic rings. The number of ether oxygens (including phenoxy) is 1. The van der Waals surface area contributed by atoms with Crippen molar-refractivity contribution < 1.29 is 29.3 Å². The molecule has 1 saturated heterocycles. The van der Waals surface area contributed by atoms with Crippen LogP contribution in [-0.2, 0) is 14.4 Å². The first-order valence-electron chi connectivity index (χ1n) is 10.1. The minimum atomic E-state index is -0.860. The van der Waals surface area contributed by atoms with E-state index < -0.39 is 23.7 Å². The Morgan fingerprint density at radius 3 is 2.26 bits per heavy atom. The van der Waals surface area contributed by atoms with Gasteiger partial charge in [-0.2, -0.15) is 0 Å². The molecule has 1 aliphatic heterocycles. The predicted molar refractivity (Wildman–Crippen MR) is 115 cm³/mol. The molecule has 0 spiro atoms. The fourth-order valence-corrected chi connectivity index (χ4v) is 3.73. The summed E-state index contributed by atoms with van der Waals surface area (Å²) in [5.41, 5.74) is 1.19. The van der Waals surface area contributed by atoms with Gasteiger partial charge in [0.1, 0.15) is 11.5 Å². The van der Waals surface area contributed by atoms with Crippen LogP contribution in [0, 0.1) is 0 Å². The quantitative estimate of drug-likeness (QED) is 0.275. The maximum atomic E-state index is 12.9. The Bertz CT molecular complexity index is 981. The second-order valence-corrected chi connectivity index (χ2v) is 7.34. The van der Waals surface area contributed by atoms with Crippen LogP contribution in [0.5, 0.6) is 5.75 Å². The summed E-state index contributed by atoms with van der Waals surface area (Å²) < 4.78 is 5.20. The van der Waals surface area contributed by atoms with E-state index in [1.807, 2.05) is 0 Å². The molecule has 1 atom stereocenters. The van der Waals surface area contributed by atoms with Crippen molar-refractivity contribution in [2.24, 2.45) is 0 Å². The number of hydrogen-bond acceptors (Lipinski definition) is 5. The maximum Gasteiger partial charge on any atom is 0.303 e. The summed E-state index contributed by atoms with van der Waals surface area (Å²) in [5, 5.41) is 19.7. The number of carbonyl (C=O) groups is 3. The average molecular weight is 423 g/mol. The van der Waals surface area contributed by atoms with Gasteiger partial charge in [-0.1, -0.05) is 48.9 Å². The van der Waals surface area contributed by atoms with Gasteiger partial charge in [0, 0.05) is 18.5 Å². The molecule has 7 nitrogen and oxygen atoms in total. The number of unbranched alkanes of at least 4 members (excludes halogenated alkanes) is 2. The Kier molecular flexibility index (Phi) is 7.07. The largest absolute Gasteiger partial charge is 0.507 e. The zero-order valence-electron chi connectivity index (χ0n) is 17.3. The van der Waals surface area contributed by atoms with Gasteiger partial charge in [-0.25, -0.2) is 0 Å². The van der Waals surface area contributed by atoms with Crippen molar-refractivity contribution in [3.63, 3.8) is 0 Å². The molecule has 0 radical (unpaired) electrons. The number of aliphatic hydroxyl groups is 1. The number of carboxylic acid groups (broad SMARTS) is 1. The molecule has 2 N–H and O–H groups in total. The highest BCUT2D eigenvalue weighted by Gasteiger charge is 2.45. The fourth-order valence-electron chi connectivity index (χ4n) is 3.73. The van der Waals surface area contributed by atoms with Crippen molar-refractivity contribution in [1.29, 1.82) is 0 Å². The number of benzene rings is 2. The van der Waals surface area contributed by atoms with Gasteiger partial charge in [-0.15, -0.1) is 0 Å². The van der Waals surface area contributed by atoms with Crippen molar-refractivity contribution in [2.75, 3.05) is 13.7 Å². The third kappa shape index (κ3) is 4.94. The van der Waals surface area contributed by atoms with Crippen molar-refractivity contribution in [3.05, 3.63) is 71.3 Å². The Labute approximate surface area is 180 Å². The summed E-state index contributed by atoms with van der Waals surface area (Å²) in [7, 11) is 1.55. The molecule has 0 bridgehead atoms. The molecule has 2 aromatic carbocycles. The lowest BCUT2D eigenvalue weighted by atomic mass is 9.95. The standard InChI is InChI=1S/C24H25NO6/c1-31-18-13-11-16(12-14-18)21-20(22(28)17-8-4-2-5-9-17)23(29)24(30)25(21)15-7-3-6-10-19(26)27/h2,4-5,8-9,11-14,21,28H,3,6-7,10,15H2,1H3,(H,26,27)/b22-20+/t21-/m1/s1. The van der Waals surface area contributed by atoms with Crippen LogP contribution in [0.15, 0.2) is 60.2 Å². The molecule has 1 heterocycles. The number of nitrogens with zero attached hydrogens (tertiary/aromatic N) is 1. The Morgan fingerprint density at radius 1 is 0.968 bits per heavy atom. The minimum Gasteiger partial charge on any atom is -0.507 e. The molecular formula is C24H25NO6. The van der Waals surface area contributed by atoms with E-state index in [-0.39, 0.29) is 24.3 Å². The fraction of sp³-hybridized carbons (Fsp3) is 0.292. The van der Waals surface area contributed by atoms with Crippen LogP contribution in [0.4, 0.5) is 0 Å². The van der Waals surface area contributed by atoms with Crippen LogP contribution in [0.2, 0.25) is 0 Å². The molecule has 0 aliphatic carbocycles. The van der Waals surface area contributed by atoms with E-state index in [1.54, 1.807) is 61.7 Å². The van der Waals surface area contributed by atoms with E-state index in [0.717, 1.165) is 0 Å². The van der Waals surface area contributed by atoms with Crippen LogP contribution >= 0.6 is 0 Å². The van der Waals surface area contributed by atoms with Gasteiger partial charge in [-0.05, 0) is 30.5 Å². The average Bonchev–Trinajstić information content (AvgIpc) is 3.03. The van der Waals surface area contributed by atoms with E-state index in [0.29, 0.717) is 36.1 Å². The first kappa shape index (κ1) is 22.1. The van der Waals surface area contributed by atoms with Gasteiger partial charge < -0.3 is 19.8 Å². The lowest BCUT2D eigenvalue weighted by Crippen LogP contribution is -2.30. The zero-order valence-corrected chi connectivity index (χ0v) is 17.3. The lowest BCUT2D eigenvalue weighted by molar-refractivity contribution is -0.140. The van der Waals surface area contributed by atoms with Gasteiger partial charge in [0.2, 0.25) is 0 Å². The number of amides is 1. The van der Waals surface area contributed by atoms with Gasteiger partial charge in [0.05, 0.1) is 18.7 Å². The number of rotatable bonds is 9. The van der Waals surface area contributed by atoms with Gasteiger partial charge in [0.15, 0.2) is 0 Å². The number of Topliss-reactive ketones (excluding diaryl/α,β-unsaturated/α-hetero) is 1. The Balaban J connectivity index is 1.96. The Morgan fingerprint density at radius 2 is 1.65 bits per heavy atom. The van der Waals surface area contributed by atoms with E-state index in [2.05, 4.69) is 0 Å². The first-order chi connectivity index (χ1) is 14.9. The van der Waals surface area contributed by atoms with Crippen LogP contribution in [0.1, 0.15) is 42.9 Å². The third-order valence-corrected chi connectivity index (χ3v) is 5.31. The topological polar surface area (TPSA) is 104 Å². The van der Waals surface area contributed by atoms with E-state index in [9.17, 15) is 19.5 Å². The monoisotopic (exact) mass is 423 g/mol. The smallest absolute Gasteiger partial charge is 0.303 e. The second-order valence-electron chi connectivity index (χ2n) is 7.34. The molecule has 7 heteroatoms. The summed E-state index contributed by atoms with van der Waals surface area (Å²) in [6.07, 6.45) is 1.73. The summed E-state index contributed by atoms with van der Waals surface area (Å²) in [6.45, 7) is 0.284.